The molecule has 0 aromatic carbocycles. The number of nitrogens with zero attached hydrogens (tertiary/aromatic N) is 2. The molecule has 1 aliphatic rings. The number of likely N-dealkylation sites (tertiary alicyclic amines) is 1. The van der Waals surface area contributed by atoms with Gasteiger partial charge in [-0.1, -0.05) is 6.07 Å². The zero-order valence-corrected chi connectivity index (χ0v) is 12.1. The van der Waals surface area contributed by atoms with E-state index in [0.29, 0.717) is 18.8 Å². The fraction of sp³-hybridized carbons (Fsp3) is 0.375. The molecule has 0 spiro atoms. The fourth-order valence-electron chi connectivity index (χ4n) is 2.63. The quantitative estimate of drug-likeness (QED) is 0.921. The molecule has 1 fully saturated rings. The maximum atomic E-state index is 12.3. The van der Waals surface area contributed by atoms with Gasteiger partial charge in [0.1, 0.15) is 5.76 Å². The molecule has 3 rings (SSSR count). The summed E-state index contributed by atoms with van der Waals surface area (Å²) >= 11 is 0. The van der Waals surface area contributed by atoms with Crippen LogP contribution in [0.25, 0.3) is 0 Å². The number of amides is 1. The maximum absolute atomic E-state index is 12.3. The molecule has 1 saturated heterocycles. The Morgan fingerprint density at radius 3 is 2.95 bits per heavy atom. The summed E-state index contributed by atoms with van der Waals surface area (Å²) < 4.78 is 7.07. The molecular weight excluding hydrogens is 284 g/mol. The highest BCUT2D eigenvalue weighted by atomic mass is 16.4. The zero-order chi connectivity index (χ0) is 15.5. The maximum Gasteiger partial charge on any atom is 0.289 e. The molecule has 1 aliphatic heterocycles. The van der Waals surface area contributed by atoms with Crippen molar-refractivity contribution in [3.05, 3.63) is 58.4 Å². The monoisotopic (exact) mass is 302 g/mol. The van der Waals surface area contributed by atoms with Gasteiger partial charge in [0.05, 0.1) is 12.6 Å². The van der Waals surface area contributed by atoms with E-state index in [0.717, 1.165) is 12.8 Å². The smallest absolute Gasteiger partial charge is 0.289 e. The van der Waals surface area contributed by atoms with Crippen LogP contribution in [0.3, 0.4) is 0 Å². The minimum absolute atomic E-state index is 0.120. The number of hydrogen-bond acceptors (Lipinski definition) is 4. The molecule has 2 aromatic rings. The van der Waals surface area contributed by atoms with Gasteiger partial charge < -0.3 is 19.0 Å². The van der Waals surface area contributed by atoms with Crippen molar-refractivity contribution >= 4 is 5.91 Å². The molecule has 0 bridgehead atoms. The summed E-state index contributed by atoms with van der Waals surface area (Å²) in [7, 11) is 0. The van der Waals surface area contributed by atoms with Gasteiger partial charge in [-0.25, -0.2) is 0 Å². The number of furan rings is 1. The van der Waals surface area contributed by atoms with Gasteiger partial charge in [-0.05, 0) is 31.0 Å². The van der Waals surface area contributed by atoms with Crippen LogP contribution in [0.2, 0.25) is 0 Å². The second kappa shape index (κ2) is 6.19. The van der Waals surface area contributed by atoms with E-state index < -0.39 is 6.10 Å². The second-order valence-corrected chi connectivity index (χ2v) is 5.48. The van der Waals surface area contributed by atoms with Gasteiger partial charge in [0.15, 0.2) is 5.76 Å². The van der Waals surface area contributed by atoms with Gasteiger partial charge in [-0.15, -0.1) is 0 Å². The van der Waals surface area contributed by atoms with Crippen LogP contribution in [-0.2, 0) is 6.54 Å². The first kappa shape index (κ1) is 14.6. The highest BCUT2D eigenvalue weighted by molar-refractivity contribution is 5.91. The molecule has 6 heteroatoms. The van der Waals surface area contributed by atoms with Crippen molar-refractivity contribution in [3.8, 4) is 0 Å². The molecule has 1 unspecified atom stereocenters. The second-order valence-electron chi connectivity index (χ2n) is 5.48. The van der Waals surface area contributed by atoms with E-state index in [2.05, 4.69) is 0 Å². The fourth-order valence-corrected chi connectivity index (χ4v) is 2.63. The van der Waals surface area contributed by atoms with Gasteiger partial charge in [-0.3, -0.25) is 9.59 Å². The normalized spacial score (nSPS) is 18.4. The van der Waals surface area contributed by atoms with Crippen molar-refractivity contribution in [3.63, 3.8) is 0 Å². The Morgan fingerprint density at radius 1 is 1.32 bits per heavy atom. The number of rotatable bonds is 3. The van der Waals surface area contributed by atoms with E-state index in [1.54, 1.807) is 35.4 Å². The minimum Gasteiger partial charge on any atom is -0.454 e. The molecule has 22 heavy (non-hydrogen) atoms. The van der Waals surface area contributed by atoms with Crippen molar-refractivity contribution in [2.24, 2.45) is 0 Å². The van der Waals surface area contributed by atoms with Crippen LogP contribution in [0.5, 0.6) is 0 Å². The van der Waals surface area contributed by atoms with Gasteiger partial charge in [0.25, 0.3) is 11.5 Å². The first-order chi connectivity index (χ1) is 10.6. The summed E-state index contributed by atoms with van der Waals surface area (Å²) in [5, 5.41) is 9.64. The summed E-state index contributed by atoms with van der Waals surface area (Å²) in [4.78, 5) is 25.6. The molecular formula is C16H18N2O4. The van der Waals surface area contributed by atoms with E-state index in [9.17, 15) is 14.7 Å². The van der Waals surface area contributed by atoms with Crippen molar-refractivity contribution in [1.82, 2.24) is 9.47 Å². The lowest BCUT2D eigenvalue weighted by atomic mass is 10.1. The number of pyridine rings is 1. The Balaban J connectivity index is 1.72. The highest BCUT2D eigenvalue weighted by Crippen LogP contribution is 2.16. The topological polar surface area (TPSA) is 75.7 Å². The predicted octanol–water partition coefficient (Wildman–Crippen LogP) is 1.09. The van der Waals surface area contributed by atoms with Gasteiger partial charge in [0.2, 0.25) is 0 Å². The van der Waals surface area contributed by atoms with E-state index in [1.807, 2.05) is 0 Å². The lowest BCUT2D eigenvalue weighted by Gasteiger charge is -2.29. The third-order valence-corrected chi connectivity index (χ3v) is 3.78. The summed E-state index contributed by atoms with van der Waals surface area (Å²) in [6.45, 7) is 1.26. The van der Waals surface area contributed by atoms with Crippen LogP contribution in [0.4, 0.5) is 0 Å². The lowest BCUT2D eigenvalue weighted by molar-refractivity contribution is 0.0447. The largest absolute Gasteiger partial charge is 0.454 e. The van der Waals surface area contributed by atoms with Gasteiger partial charge >= 0.3 is 0 Å². The Hall–Kier alpha value is -2.34. The molecule has 1 N–H and O–H groups in total. The first-order valence-corrected chi connectivity index (χ1v) is 7.35. The van der Waals surface area contributed by atoms with Crippen molar-refractivity contribution in [1.29, 1.82) is 0 Å². The molecule has 2 aromatic heterocycles. The standard InChI is InChI=1S/C16H18N2O4/c19-12-4-3-9-18(10-12)16(21)14-7-6-13(22-14)11-17-8-2-1-5-15(17)20/h1-2,5-8,12,19H,3-4,9-11H2. The Bertz CT molecular complexity index is 719. The SMILES string of the molecule is O=C(c1ccc(Cn2ccccc2=O)o1)N1CCCC(O)C1. The number of hydrogen-bond donors (Lipinski definition) is 1. The Labute approximate surface area is 127 Å². The lowest BCUT2D eigenvalue weighted by Crippen LogP contribution is -2.42. The number of aliphatic hydroxyl groups is 1. The summed E-state index contributed by atoms with van der Waals surface area (Å²) in [5.41, 5.74) is -0.120. The van der Waals surface area contributed by atoms with Crippen LogP contribution in [0.15, 0.2) is 45.7 Å². The van der Waals surface area contributed by atoms with Gasteiger partial charge in [-0.2, -0.15) is 0 Å². The zero-order valence-electron chi connectivity index (χ0n) is 12.1. The average Bonchev–Trinajstić information content (AvgIpc) is 2.97. The molecule has 0 saturated carbocycles. The molecule has 3 heterocycles. The number of β-amino-alcohol motifs (C(OH)–C–C–N with tert-alkyl or cyclic N) is 1. The Kier molecular flexibility index (Phi) is 4.11. The number of aliphatic hydroxyl groups excluding tert-OH is 1. The average molecular weight is 302 g/mol. The molecule has 116 valence electrons. The summed E-state index contributed by atoms with van der Waals surface area (Å²) in [5.74, 6) is 0.577. The first-order valence-electron chi connectivity index (χ1n) is 7.35. The van der Waals surface area contributed by atoms with Crippen molar-refractivity contribution in [2.45, 2.75) is 25.5 Å². The third-order valence-electron chi connectivity index (χ3n) is 3.78. The van der Waals surface area contributed by atoms with Gasteiger partial charge in [0, 0.05) is 25.4 Å². The number of aromatic nitrogens is 1. The van der Waals surface area contributed by atoms with E-state index in [1.165, 1.54) is 10.6 Å². The third kappa shape index (κ3) is 3.12. The number of piperidine rings is 1. The van der Waals surface area contributed by atoms with Crippen LogP contribution < -0.4 is 5.56 Å². The Morgan fingerprint density at radius 2 is 2.18 bits per heavy atom. The predicted molar refractivity (Wildman–Crippen MR) is 79.7 cm³/mol. The van der Waals surface area contributed by atoms with Crippen LogP contribution in [0, 0.1) is 0 Å². The molecule has 0 radical (unpaired) electrons. The van der Waals surface area contributed by atoms with Crippen LogP contribution >= 0.6 is 0 Å². The summed E-state index contributed by atoms with van der Waals surface area (Å²) in [6, 6.07) is 8.24. The van der Waals surface area contributed by atoms with Crippen molar-refractivity contribution in [2.75, 3.05) is 13.1 Å². The van der Waals surface area contributed by atoms with E-state index in [-0.39, 0.29) is 23.8 Å². The van der Waals surface area contributed by atoms with Crippen LogP contribution in [-0.4, -0.2) is 39.7 Å². The summed E-state index contributed by atoms with van der Waals surface area (Å²) in [6.07, 6.45) is 2.73. The number of carbonyl (C=O) groups excluding carboxylic acids is 1. The molecule has 1 amide bonds. The van der Waals surface area contributed by atoms with E-state index >= 15 is 0 Å². The molecule has 1 atom stereocenters. The molecule has 0 aliphatic carbocycles. The number of carbonyl (C=O) groups is 1. The highest BCUT2D eigenvalue weighted by Gasteiger charge is 2.25. The van der Waals surface area contributed by atoms with Crippen molar-refractivity contribution < 1.29 is 14.3 Å². The van der Waals surface area contributed by atoms with Crippen LogP contribution in [0.1, 0.15) is 29.2 Å². The molecule has 6 nitrogen and oxygen atoms in total. The van der Waals surface area contributed by atoms with E-state index in [4.69, 9.17) is 4.42 Å². The minimum atomic E-state index is -0.463.